The smallest absolute Gasteiger partial charge is 0.0431 e. The summed E-state index contributed by atoms with van der Waals surface area (Å²) in [6.07, 6.45) is 59.1. The van der Waals surface area contributed by atoms with Crippen molar-refractivity contribution in [3.05, 3.63) is 0 Å². The number of hydrogen-bond acceptors (Lipinski definition) is 2. The van der Waals surface area contributed by atoms with Crippen LogP contribution in [0.1, 0.15) is 284 Å². The van der Waals surface area contributed by atoms with Crippen LogP contribution in [0.3, 0.4) is 0 Å². The summed E-state index contributed by atoms with van der Waals surface area (Å²) >= 11 is 0. The number of rotatable bonds is 40. The second kappa shape index (κ2) is 35.9. The zero-order chi connectivity index (χ0) is 36.1. The van der Waals surface area contributed by atoms with Gasteiger partial charge in [0.05, 0.1) is 0 Å². The summed E-state index contributed by atoms with van der Waals surface area (Å²) in [6, 6.07) is 0. The maximum Gasteiger partial charge on any atom is 0.0431 e. The first kappa shape index (κ1) is 47.9. The average Bonchev–Trinajstić information content (AvgIpc) is 3.14. The summed E-state index contributed by atoms with van der Waals surface area (Å²) in [5.74, 6) is 0. The van der Waals surface area contributed by atoms with Crippen molar-refractivity contribution < 1.29 is 10.2 Å². The molecule has 0 heterocycles. The molecule has 0 saturated heterocycles. The van der Waals surface area contributed by atoms with Gasteiger partial charge in [0.2, 0.25) is 0 Å². The monoisotopic (exact) mass is 705 g/mol. The fourth-order valence-corrected chi connectivity index (χ4v) is 9.56. The fourth-order valence-electron chi connectivity index (χ4n) is 9.56. The zero-order valence-corrected chi connectivity index (χ0v) is 35.0. The van der Waals surface area contributed by atoms with Crippen molar-refractivity contribution in [2.75, 3.05) is 13.2 Å². The van der Waals surface area contributed by atoms with E-state index in [-0.39, 0.29) is 0 Å². The van der Waals surface area contributed by atoms with E-state index in [0.29, 0.717) is 24.0 Å². The van der Waals surface area contributed by atoms with Gasteiger partial charge in [-0.05, 0) is 75.0 Å². The molecular weight excluding hydrogens is 609 g/mol. The highest BCUT2D eigenvalue weighted by molar-refractivity contribution is 4.93. The van der Waals surface area contributed by atoms with Crippen LogP contribution in [0.25, 0.3) is 0 Å². The minimum Gasteiger partial charge on any atom is -0.396 e. The normalized spacial score (nSPS) is 15.6. The largest absolute Gasteiger partial charge is 0.396 e. The third kappa shape index (κ3) is 27.5. The molecule has 0 aromatic carbocycles. The van der Waals surface area contributed by atoms with Gasteiger partial charge in [0.1, 0.15) is 0 Å². The average molecular weight is 705 g/mol. The molecule has 1 saturated carbocycles. The molecule has 2 N–H and O–H groups in total. The number of hydrogen-bond donors (Lipinski definition) is 2. The standard InChI is InChI=1S/C48H96O2/c1-3-5-7-9-11-13-15-17-19-21-23-25-27-29-31-33-37-47(41-43-48(44-42-47,39-35-45-49)40-36-46-50)38-34-32-30-28-26-24-22-20-18-16-14-12-10-8-6-4-2/h49-50H,3-46H2,1-2H3. The molecule has 0 radical (unpaired) electrons. The molecule has 0 bridgehead atoms. The van der Waals surface area contributed by atoms with Gasteiger partial charge in [-0.1, -0.05) is 219 Å². The Labute approximate surface area is 316 Å². The second-order valence-electron chi connectivity index (χ2n) is 17.8. The van der Waals surface area contributed by atoms with E-state index in [1.165, 1.54) is 244 Å². The SMILES string of the molecule is CCCCCCCCCCCCCCCCCCC1(CCCCCCCCCCCCCCCCCC)CCC(CCCO)(CCCO)CC1. The lowest BCUT2D eigenvalue weighted by Gasteiger charge is -2.47. The Morgan fingerprint density at radius 3 is 0.640 bits per heavy atom. The van der Waals surface area contributed by atoms with Crippen LogP contribution < -0.4 is 0 Å². The topological polar surface area (TPSA) is 40.5 Å². The Hall–Kier alpha value is -0.0800. The van der Waals surface area contributed by atoms with E-state index in [1.807, 2.05) is 0 Å². The van der Waals surface area contributed by atoms with Crippen LogP contribution in [0.4, 0.5) is 0 Å². The van der Waals surface area contributed by atoms with E-state index in [4.69, 9.17) is 0 Å². The predicted octanol–water partition coefficient (Wildman–Crippen LogP) is 16.4. The Morgan fingerprint density at radius 2 is 0.440 bits per heavy atom. The minimum absolute atomic E-state index is 0.324. The Morgan fingerprint density at radius 1 is 0.260 bits per heavy atom. The van der Waals surface area contributed by atoms with E-state index < -0.39 is 0 Å². The minimum atomic E-state index is 0.324. The van der Waals surface area contributed by atoms with Gasteiger partial charge < -0.3 is 10.2 Å². The molecule has 1 rings (SSSR count). The fraction of sp³-hybridized carbons (Fsp3) is 1.00. The summed E-state index contributed by atoms with van der Waals surface area (Å²) in [4.78, 5) is 0. The lowest BCUT2D eigenvalue weighted by molar-refractivity contribution is 0.0363. The van der Waals surface area contributed by atoms with Crippen LogP contribution in [0.2, 0.25) is 0 Å². The molecule has 0 aromatic rings. The first-order chi connectivity index (χ1) is 24.7. The maximum atomic E-state index is 9.61. The summed E-state index contributed by atoms with van der Waals surface area (Å²) in [5.41, 5.74) is 0.964. The van der Waals surface area contributed by atoms with Gasteiger partial charge in [0.15, 0.2) is 0 Å². The van der Waals surface area contributed by atoms with Gasteiger partial charge in [-0.2, -0.15) is 0 Å². The summed E-state index contributed by atoms with van der Waals surface area (Å²) in [7, 11) is 0. The van der Waals surface area contributed by atoms with Crippen molar-refractivity contribution in [3.63, 3.8) is 0 Å². The van der Waals surface area contributed by atoms with Crippen LogP contribution in [0.5, 0.6) is 0 Å². The second-order valence-corrected chi connectivity index (χ2v) is 17.8. The van der Waals surface area contributed by atoms with E-state index in [2.05, 4.69) is 13.8 Å². The third-order valence-corrected chi connectivity index (χ3v) is 13.2. The van der Waals surface area contributed by atoms with Crippen molar-refractivity contribution in [1.29, 1.82) is 0 Å². The van der Waals surface area contributed by atoms with Crippen LogP contribution in [-0.2, 0) is 0 Å². The highest BCUT2D eigenvalue weighted by atomic mass is 16.3. The van der Waals surface area contributed by atoms with Crippen molar-refractivity contribution >= 4 is 0 Å². The van der Waals surface area contributed by atoms with Crippen LogP contribution >= 0.6 is 0 Å². The number of unbranched alkanes of at least 4 members (excludes halogenated alkanes) is 30. The highest BCUT2D eigenvalue weighted by Gasteiger charge is 2.41. The molecule has 2 nitrogen and oxygen atoms in total. The van der Waals surface area contributed by atoms with Crippen LogP contribution in [0, 0.1) is 10.8 Å². The van der Waals surface area contributed by atoms with Crippen molar-refractivity contribution in [3.8, 4) is 0 Å². The van der Waals surface area contributed by atoms with Crippen molar-refractivity contribution in [2.45, 2.75) is 284 Å². The molecule has 1 fully saturated rings. The van der Waals surface area contributed by atoms with Crippen molar-refractivity contribution in [1.82, 2.24) is 0 Å². The van der Waals surface area contributed by atoms with Crippen LogP contribution in [0.15, 0.2) is 0 Å². The molecule has 1 aliphatic rings. The molecule has 2 heteroatoms. The Kier molecular flexibility index (Phi) is 34.4. The van der Waals surface area contributed by atoms with Gasteiger partial charge in [0, 0.05) is 13.2 Å². The molecule has 1 aliphatic carbocycles. The molecule has 0 atom stereocenters. The van der Waals surface area contributed by atoms with E-state index in [1.54, 1.807) is 0 Å². The molecule has 0 amide bonds. The first-order valence-corrected chi connectivity index (χ1v) is 23.9. The quantitative estimate of drug-likeness (QED) is 0.0623. The summed E-state index contributed by atoms with van der Waals surface area (Å²) in [5, 5.41) is 19.2. The lowest BCUT2D eigenvalue weighted by atomic mass is 9.58. The molecule has 0 aromatic heterocycles. The first-order valence-electron chi connectivity index (χ1n) is 23.9. The zero-order valence-electron chi connectivity index (χ0n) is 35.0. The van der Waals surface area contributed by atoms with Crippen molar-refractivity contribution in [2.24, 2.45) is 10.8 Å². The van der Waals surface area contributed by atoms with E-state index in [9.17, 15) is 10.2 Å². The number of aliphatic hydroxyl groups is 2. The molecule has 0 aliphatic heterocycles. The number of aliphatic hydroxyl groups excluding tert-OH is 2. The van der Waals surface area contributed by atoms with Gasteiger partial charge in [-0.25, -0.2) is 0 Å². The molecule has 50 heavy (non-hydrogen) atoms. The van der Waals surface area contributed by atoms with Gasteiger partial charge >= 0.3 is 0 Å². The van der Waals surface area contributed by atoms with Crippen LogP contribution in [-0.4, -0.2) is 23.4 Å². The lowest BCUT2D eigenvalue weighted by Crippen LogP contribution is -2.35. The summed E-state index contributed by atoms with van der Waals surface area (Å²) in [6.45, 7) is 5.27. The Bertz CT molecular complexity index is 603. The predicted molar refractivity (Wildman–Crippen MR) is 224 cm³/mol. The third-order valence-electron chi connectivity index (χ3n) is 13.2. The maximum absolute atomic E-state index is 9.61. The van der Waals surface area contributed by atoms with Gasteiger partial charge in [0.25, 0.3) is 0 Å². The molecule has 0 unspecified atom stereocenters. The molecule has 0 spiro atoms. The summed E-state index contributed by atoms with van der Waals surface area (Å²) < 4.78 is 0. The highest BCUT2D eigenvalue weighted by Crippen LogP contribution is 2.54. The molecule has 300 valence electrons. The van der Waals surface area contributed by atoms with Gasteiger partial charge in [-0.15, -0.1) is 0 Å². The van der Waals surface area contributed by atoms with E-state index in [0.717, 1.165) is 25.7 Å². The Balaban J connectivity index is 2.25. The van der Waals surface area contributed by atoms with Gasteiger partial charge in [-0.3, -0.25) is 0 Å². The van der Waals surface area contributed by atoms with E-state index >= 15 is 0 Å². The molecular formula is C48H96O2.